The Hall–Kier alpha value is -3.14. The van der Waals surface area contributed by atoms with Crippen LogP contribution in [0, 0.1) is 11.8 Å². The molecule has 1 heterocycles. The van der Waals surface area contributed by atoms with Crippen LogP contribution in [0.2, 0.25) is 0 Å². The Morgan fingerprint density at radius 2 is 1.53 bits per heavy atom. The van der Waals surface area contributed by atoms with Crippen molar-refractivity contribution in [1.82, 2.24) is 15.5 Å². The highest BCUT2D eigenvalue weighted by Crippen LogP contribution is 2.21. The third kappa shape index (κ3) is 8.51. The second-order valence-electron chi connectivity index (χ2n) is 10.4. The Labute approximate surface area is 212 Å². The third-order valence-electron chi connectivity index (χ3n) is 6.21. The number of carbonyl (C=O) groups excluding carboxylic acids is 3. The fourth-order valence-corrected chi connectivity index (χ4v) is 4.41. The van der Waals surface area contributed by atoms with Crippen molar-refractivity contribution in [2.24, 2.45) is 17.6 Å². The van der Waals surface area contributed by atoms with Gasteiger partial charge in [0.05, 0.1) is 6.04 Å². The minimum absolute atomic E-state index is 0.0713. The number of aliphatic carboxylic acids is 1. The van der Waals surface area contributed by atoms with E-state index in [-0.39, 0.29) is 24.0 Å². The lowest BCUT2D eigenvalue weighted by molar-refractivity contribution is -0.149. The zero-order valence-electron chi connectivity index (χ0n) is 21.6. The summed E-state index contributed by atoms with van der Waals surface area (Å²) in [6, 6.07) is 2.76. The van der Waals surface area contributed by atoms with Crippen LogP contribution in [-0.2, 0) is 25.6 Å². The molecule has 0 aliphatic carbocycles. The number of likely N-dealkylation sites (tertiary alicyclic amines) is 1. The van der Waals surface area contributed by atoms with Crippen LogP contribution in [0.4, 0.5) is 0 Å². The Balaban J connectivity index is 2.12. The summed E-state index contributed by atoms with van der Waals surface area (Å²) in [6.07, 6.45) is 1.89. The van der Waals surface area contributed by atoms with Crippen molar-refractivity contribution in [2.45, 2.75) is 84.0 Å². The lowest BCUT2D eigenvalue weighted by atomic mass is 9.99. The molecular formula is C26H40N4O6. The van der Waals surface area contributed by atoms with Gasteiger partial charge in [-0.2, -0.15) is 0 Å². The zero-order chi connectivity index (χ0) is 27.0. The number of carboxylic acids is 1. The number of benzene rings is 1. The predicted molar refractivity (Wildman–Crippen MR) is 135 cm³/mol. The molecule has 1 saturated heterocycles. The molecule has 3 amide bonds. The zero-order valence-corrected chi connectivity index (χ0v) is 21.6. The molecule has 0 saturated carbocycles. The first kappa shape index (κ1) is 29.1. The van der Waals surface area contributed by atoms with Crippen LogP contribution in [0.3, 0.4) is 0 Å². The minimum atomic E-state index is -1.05. The van der Waals surface area contributed by atoms with Crippen LogP contribution in [0.1, 0.15) is 58.9 Å². The molecule has 0 radical (unpaired) electrons. The molecule has 4 atom stereocenters. The van der Waals surface area contributed by atoms with Gasteiger partial charge in [-0.05, 0) is 61.6 Å². The normalized spacial score (nSPS) is 18.1. The first-order chi connectivity index (χ1) is 16.9. The first-order valence-corrected chi connectivity index (χ1v) is 12.6. The van der Waals surface area contributed by atoms with E-state index in [1.54, 1.807) is 12.1 Å². The van der Waals surface area contributed by atoms with Crippen LogP contribution in [0.25, 0.3) is 0 Å². The van der Waals surface area contributed by atoms with Gasteiger partial charge in [-0.1, -0.05) is 39.8 Å². The molecule has 1 aliphatic heterocycles. The molecule has 0 aromatic heterocycles. The fourth-order valence-electron chi connectivity index (χ4n) is 4.41. The number of amides is 3. The van der Waals surface area contributed by atoms with Crippen LogP contribution < -0.4 is 16.4 Å². The first-order valence-electron chi connectivity index (χ1n) is 12.6. The molecule has 0 unspecified atom stereocenters. The smallest absolute Gasteiger partial charge is 0.326 e. The van der Waals surface area contributed by atoms with Gasteiger partial charge in [-0.15, -0.1) is 0 Å². The van der Waals surface area contributed by atoms with Crippen LogP contribution in [0.15, 0.2) is 24.3 Å². The number of hydrogen-bond acceptors (Lipinski definition) is 6. The van der Waals surface area contributed by atoms with Gasteiger partial charge in [-0.25, -0.2) is 4.79 Å². The van der Waals surface area contributed by atoms with Crippen molar-refractivity contribution >= 4 is 23.7 Å². The largest absolute Gasteiger partial charge is 0.508 e. The summed E-state index contributed by atoms with van der Waals surface area (Å²) in [7, 11) is 0. The highest BCUT2D eigenvalue weighted by atomic mass is 16.4. The summed E-state index contributed by atoms with van der Waals surface area (Å²) in [5, 5.41) is 24.4. The standard InChI is InChI=1S/C26H40N4O6/c1-15(2)12-20(28-23(32)19(27)14-17-7-9-18(31)10-8-17)24(33)29-21(13-16(3)4)25(34)30-11-5-6-22(30)26(35)36/h7-10,15-16,19-22,31H,5-6,11-14,27H2,1-4H3,(H,28,32)(H,29,33)(H,35,36)/t19-,20-,21-,22-/m0/s1. The molecule has 10 heteroatoms. The van der Waals surface area contributed by atoms with Crippen molar-refractivity contribution in [3.8, 4) is 5.75 Å². The van der Waals surface area contributed by atoms with E-state index in [1.807, 2.05) is 27.7 Å². The molecular weight excluding hydrogens is 464 g/mol. The number of rotatable bonds is 12. The Morgan fingerprint density at radius 1 is 0.972 bits per heavy atom. The SMILES string of the molecule is CC(C)C[C@H](NC(=O)[C@@H](N)Cc1ccc(O)cc1)C(=O)N[C@@H](CC(C)C)C(=O)N1CCC[C@H]1C(=O)O. The van der Waals surface area contributed by atoms with Gasteiger partial charge < -0.3 is 31.5 Å². The van der Waals surface area contributed by atoms with Gasteiger partial charge in [0.2, 0.25) is 17.7 Å². The van der Waals surface area contributed by atoms with E-state index in [9.17, 15) is 29.4 Å². The number of hydrogen-bond donors (Lipinski definition) is 5. The molecule has 0 bridgehead atoms. The van der Waals surface area contributed by atoms with Crippen LogP contribution in [0.5, 0.6) is 5.75 Å². The van der Waals surface area contributed by atoms with Crippen molar-refractivity contribution in [3.05, 3.63) is 29.8 Å². The van der Waals surface area contributed by atoms with Crippen LogP contribution >= 0.6 is 0 Å². The van der Waals surface area contributed by atoms with Gasteiger partial charge in [-0.3, -0.25) is 14.4 Å². The molecule has 1 aromatic carbocycles. The van der Waals surface area contributed by atoms with Gasteiger partial charge in [0, 0.05) is 6.54 Å². The van der Waals surface area contributed by atoms with Crippen molar-refractivity contribution in [2.75, 3.05) is 6.54 Å². The van der Waals surface area contributed by atoms with E-state index in [0.29, 0.717) is 32.2 Å². The molecule has 36 heavy (non-hydrogen) atoms. The fraction of sp³-hybridized carbons (Fsp3) is 0.615. The number of phenols is 1. The summed E-state index contributed by atoms with van der Waals surface area (Å²) in [4.78, 5) is 52.3. The maximum Gasteiger partial charge on any atom is 0.326 e. The maximum atomic E-state index is 13.3. The molecule has 1 fully saturated rings. The van der Waals surface area contributed by atoms with E-state index in [2.05, 4.69) is 10.6 Å². The molecule has 6 N–H and O–H groups in total. The maximum absolute atomic E-state index is 13.3. The van der Waals surface area contributed by atoms with E-state index in [0.717, 1.165) is 5.56 Å². The number of nitrogens with two attached hydrogens (primary N) is 1. The van der Waals surface area contributed by atoms with Crippen molar-refractivity contribution in [3.63, 3.8) is 0 Å². The monoisotopic (exact) mass is 504 g/mol. The molecule has 200 valence electrons. The van der Waals surface area contributed by atoms with Gasteiger partial charge >= 0.3 is 5.97 Å². The summed E-state index contributed by atoms with van der Waals surface area (Å²) in [5.74, 6) is -2.21. The van der Waals surface area contributed by atoms with Crippen molar-refractivity contribution in [1.29, 1.82) is 0 Å². The van der Waals surface area contributed by atoms with Gasteiger partial charge in [0.25, 0.3) is 0 Å². The molecule has 1 aliphatic rings. The molecule has 2 rings (SSSR count). The molecule has 1 aromatic rings. The van der Waals surface area contributed by atoms with Crippen molar-refractivity contribution < 1.29 is 29.4 Å². The molecule has 10 nitrogen and oxygen atoms in total. The Morgan fingerprint density at radius 3 is 2.08 bits per heavy atom. The average molecular weight is 505 g/mol. The number of aromatic hydroxyl groups is 1. The van der Waals surface area contributed by atoms with Gasteiger partial charge in [0.15, 0.2) is 0 Å². The van der Waals surface area contributed by atoms with Crippen LogP contribution in [-0.4, -0.2) is 69.5 Å². The van der Waals surface area contributed by atoms with E-state index >= 15 is 0 Å². The predicted octanol–water partition coefficient (Wildman–Crippen LogP) is 1.40. The quantitative estimate of drug-likeness (QED) is 0.287. The van der Waals surface area contributed by atoms with Gasteiger partial charge in [0.1, 0.15) is 23.9 Å². The minimum Gasteiger partial charge on any atom is -0.508 e. The number of nitrogens with one attached hydrogen (secondary N) is 2. The lowest BCUT2D eigenvalue weighted by Gasteiger charge is -2.30. The second-order valence-corrected chi connectivity index (χ2v) is 10.4. The Kier molecular flexibility index (Phi) is 10.7. The second kappa shape index (κ2) is 13.2. The highest BCUT2D eigenvalue weighted by molar-refractivity contribution is 5.94. The lowest BCUT2D eigenvalue weighted by Crippen LogP contribution is -2.57. The summed E-state index contributed by atoms with van der Waals surface area (Å²) in [5.41, 5.74) is 6.85. The topological polar surface area (TPSA) is 162 Å². The highest BCUT2D eigenvalue weighted by Gasteiger charge is 2.38. The number of carbonyl (C=O) groups is 4. The number of nitrogens with zero attached hydrogens (tertiary/aromatic N) is 1. The number of phenolic OH excluding ortho intramolecular Hbond substituents is 1. The Bertz CT molecular complexity index is 918. The average Bonchev–Trinajstić information content (AvgIpc) is 3.28. The summed E-state index contributed by atoms with van der Waals surface area (Å²) < 4.78 is 0. The summed E-state index contributed by atoms with van der Waals surface area (Å²) in [6.45, 7) is 8.00. The number of carboxylic acid groups (broad SMARTS) is 1. The van der Waals surface area contributed by atoms with E-state index in [4.69, 9.17) is 5.73 Å². The summed E-state index contributed by atoms with van der Waals surface area (Å²) >= 11 is 0. The molecule has 0 spiro atoms. The van der Waals surface area contributed by atoms with E-state index in [1.165, 1.54) is 17.0 Å². The third-order valence-corrected chi connectivity index (χ3v) is 6.21. The van der Waals surface area contributed by atoms with E-state index < -0.39 is 47.9 Å².